The number of ether oxygens (including phenoxy) is 1. The molecule has 2 rings (SSSR count). The molecule has 0 aromatic heterocycles. The van der Waals surface area contributed by atoms with E-state index in [1.807, 2.05) is 7.11 Å². The molecule has 0 aromatic rings. The maximum atomic E-state index is 5.54. The monoisotopic (exact) mass is 197 g/mol. The number of rotatable bonds is 4. The fourth-order valence-electron chi connectivity index (χ4n) is 2.75. The van der Waals surface area contributed by atoms with Crippen LogP contribution in [-0.2, 0) is 4.74 Å². The first-order valence-electron chi connectivity index (χ1n) is 6.14. The van der Waals surface area contributed by atoms with E-state index in [0.717, 1.165) is 12.0 Å². The van der Waals surface area contributed by atoms with Crippen LogP contribution in [0.15, 0.2) is 0 Å². The Morgan fingerprint density at radius 1 is 1.21 bits per heavy atom. The maximum Gasteiger partial charge on any atom is 0.0724 e. The van der Waals surface area contributed by atoms with Gasteiger partial charge in [-0.1, -0.05) is 26.2 Å². The zero-order valence-electron chi connectivity index (χ0n) is 9.46. The average molecular weight is 197 g/mol. The molecule has 2 fully saturated rings. The summed E-state index contributed by atoms with van der Waals surface area (Å²) in [6.07, 6.45) is 8.48. The summed E-state index contributed by atoms with van der Waals surface area (Å²) in [6, 6.07) is 1.44. The molecule has 0 aliphatic heterocycles. The molecule has 0 radical (unpaired) electrons. The number of hydrogen-bond acceptors (Lipinski definition) is 2. The molecule has 0 amide bonds. The highest BCUT2D eigenvalue weighted by Crippen LogP contribution is 2.35. The maximum absolute atomic E-state index is 5.54. The van der Waals surface area contributed by atoms with Crippen LogP contribution < -0.4 is 5.32 Å². The van der Waals surface area contributed by atoms with Crippen molar-refractivity contribution in [1.29, 1.82) is 0 Å². The largest absolute Gasteiger partial charge is 0.380 e. The summed E-state index contributed by atoms with van der Waals surface area (Å²) in [7, 11) is 1.86. The van der Waals surface area contributed by atoms with Gasteiger partial charge in [0, 0.05) is 19.2 Å². The number of nitrogens with one attached hydrogen (secondary N) is 1. The van der Waals surface area contributed by atoms with Crippen LogP contribution in [0, 0.1) is 5.92 Å². The second-order valence-corrected chi connectivity index (χ2v) is 4.84. The van der Waals surface area contributed by atoms with Crippen molar-refractivity contribution in [2.24, 2.45) is 5.92 Å². The summed E-state index contributed by atoms with van der Waals surface area (Å²) in [5, 5.41) is 3.77. The van der Waals surface area contributed by atoms with Crippen molar-refractivity contribution in [3.63, 3.8) is 0 Å². The Kier molecular flexibility index (Phi) is 3.45. The van der Waals surface area contributed by atoms with Crippen LogP contribution in [0.3, 0.4) is 0 Å². The zero-order valence-corrected chi connectivity index (χ0v) is 9.46. The molecule has 0 spiro atoms. The summed E-state index contributed by atoms with van der Waals surface area (Å²) >= 11 is 0. The standard InChI is InChI=1S/C12H23NO/c1-3-9-8-11(9)13-10-6-4-5-7-12(10)14-2/h9-13H,3-8H2,1-2H3. The molecule has 0 heterocycles. The van der Waals surface area contributed by atoms with Gasteiger partial charge in [-0.2, -0.15) is 0 Å². The van der Waals surface area contributed by atoms with E-state index in [0.29, 0.717) is 12.1 Å². The lowest BCUT2D eigenvalue weighted by Gasteiger charge is -2.31. The van der Waals surface area contributed by atoms with Gasteiger partial charge in [0.2, 0.25) is 0 Å². The summed E-state index contributed by atoms with van der Waals surface area (Å²) in [6.45, 7) is 2.29. The van der Waals surface area contributed by atoms with E-state index in [1.54, 1.807) is 0 Å². The van der Waals surface area contributed by atoms with Gasteiger partial charge >= 0.3 is 0 Å². The van der Waals surface area contributed by atoms with Crippen LogP contribution in [0.5, 0.6) is 0 Å². The van der Waals surface area contributed by atoms with Gasteiger partial charge in [-0.05, 0) is 25.2 Å². The highest BCUT2D eigenvalue weighted by Gasteiger charge is 2.38. The molecule has 82 valence electrons. The summed E-state index contributed by atoms with van der Waals surface area (Å²) in [4.78, 5) is 0. The van der Waals surface area contributed by atoms with Crippen LogP contribution in [-0.4, -0.2) is 25.3 Å². The first-order chi connectivity index (χ1) is 6.85. The molecule has 4 atom stereocenters. The highest BCUT2D eigenvalue weighted by atomic mass is 16.5. The predicted octanol–water partition coefficient (Wildman–Crippen LogP) is 2.33. The molecule has 0 saturated heterocycles. The minimum atomic E-state index is 0.474. The van der Waals surface area contributed by atoms with Crippen molar-refractivity contribution >= 4 is 0 Å². The summed E-state index contributed by atoms with van der Waals surface area (Å²) in [5.74, 6) is 0.953. The van der Waals surface area contributed by atoms with Crippen LogP contribution >= 0.6 is 0 Å². The van der Waals surface area contributed by atoms with Crippen LogP contribution in [0.4, 0.5) is 0 Å². The lowest BCUT2D eigenvalue weighted by atomic mass is 9.92. The van der Waals surface area contributed by atoms with Crippen molar-refractivity contribution in [2.45, 2.75) is 63.6 Å². The minimum Gasteiger partial charge on any atom is -0.380 e. The smallest absolute Gasteiger partial charge is 0.0724 e. The van der Waals surface area contributed by atoms with Crippen LogP contribution in [0.25, 0.3) is 0 Å². The summed E-state index contributed by atoms with van der Waals surface area (Å²) < 4.78 is 5.54. The molecule has 2 aliphatic carbocycles. The Morgan fingerprint density at radius 2 is 2.00 bits per heavy atom. The van der Waals surface area contributed by atoms with Crippen LogP contribution in [0.2, 0.25) is 0 Å². The van der Waals surface area contributed by atoms with Crippen molar-refractivity contribution in [3.05, 3.63) is 0 Å². The lowest BCUT2D eigenvalue weighted by molar-refractivity contribution is 0.0407. The van der Waals surface area contributed by atoms with E-state index in [2.05, 4.69) is 12.2 Å². The van der Waals surface area contributed by atoms with Gasteiger partial charge in [-0.3, -0.25) is 0 Å². The Bertz CT molecular complexity index is 183. The molecule has 2 heteroatoms. The molecule has 2 nitrogen and oxygen atoms in total. The molecule has 2 aliphatic rings. The molecular weight excluding hydrogens is 174 g/mol. The third-order valence-corrected chi connectivity index (χ3v) is 3.88. The Morgan fingerprint density at radius 3 is 2.64 bits per heavy atom. The molecule has 4 unspecified atom stereocenters. The molecule has 14 heavy (non-hydrogen) atoms. The van der Waals surface area contributed by atoms with Crippen molar-refractivity contribution < 1.29 is 4.74 Å². The highest BCUT2D eigenvalue weighted by molar-refractivity contribution is 4.96. The normalized spacial score (nSPS) is 42.4. The first-order valence-corrected chi connectivity index (χ1v) is 6.14. The lowest BCUT2D eigenvalue weighted by Crippen LogP contribution is -2.44. The Balaban J connectivity index is 1.77. The third-order valence-electron chi connectivity index (χ3n) is 3.88. The van der Waals surface area contributed by atoms with Gasteiger partial charge in [0.1, 0.15) is 0 Å². The fourth-order valence-corrected chi connectivity index (χ4v) is 2.75. The van der Waals surface area contributed by atoms with Gasteiger partial charge in [0.25, 0.3) is 0 Å². The molecule has 1 N–H and O–H groups in total. The van der Waals surface area contributed by atoms with Gasteiger partial charge < -0.3 is 10.1 Å². The first kappa shape index (κ1) is 10.4. The molecule has 2 saturated carbocycles. The van der Waals surface area contributed by atoms with E-state index >= 15 is 0 Å². The third kappa shape index (κ3) is 2.29. The van der Waals surface area contributed by atoms with Crippen molar-refractivity contribution in [3.8, 4) is 0 Å². The Hall–Kier alpha value is -0.0800. The summed E-state index contributed by atoms with van der Waals surface area (Å²) in [5.41, 5.74) is 0. The van der Waals surface area contributed by atoms with E-state index < -0.39 is 0 Å². The fraction of sp³-hybridized carbons (Fsp3) is 1.00. The number of methoxy groups -OCH3 is 1. The molecule has 0 aromatic carbocycles. The van der Waals surface area contributed by atoms with Crippen LogP contribution in [0.1, 0.15) is 45.4 Å². The van der Waals surface area contributed by atoms with Gasteiger partial charge in [0.05, 0.1) is 6.10 Å². The Labute approximate surface area is 87.4 Å². The topological polar surface area (TPSA) is 21.3 Å². The second-order valence-electron chi connectivity index (χ2n) is 4.84. The SMILES string of the molecule is CCC1CC1NC1CCCCC1OC. The van der Waals surface area contributed by atoms with E-state index in [9.17, 15) is 0 Å². The molecule has 0 bridgehead atoms. The van der Waals surface area contributed by atoms with Gasteiger partial charge in [0.15, 0.2) is 0 Å². The zero-order chi connectivity index (χ0) is 9.97. The van der Waals surface area contributed by atoms with Gasteiger partial charge in [-0.25, -0.2) is 0 Å². The van der Waals surface area contributed by atoms with E-state index in [1.165, 1.54) is 38.5 Å². The van der Waals surface area contributed by atoms with Crippen molar-refractivity contribution in [1.82, 2.24) is 5.32 Å². The van der Waals surface area contributed by atoms with E-state index in [-0.39, 0.29) is 0 Å². The van der Waals surface area contributed by atoms with Crippen molar-refractivity contribution in [2.75, 3.05) is 7.11 Å². The quantitative estimate of drug-likeness (QED) is 0.747. The number of hydrogen-bond donors (Lipinski definition) is 1. The average Bonchev–Trinajstić information content (AvgIpc) is 2.97. The van der Waals surface area contributed by atoms with E-state index in [4.69, 9.17) is 4.74 Å². The molecular formula is C12H23NO. The van der Waals surface area contributed by atoms with Gasteiger partial charge in [-0.15, -0.1) is 0 Å². The second kappa shape index (κ2) is 4.63. The minimum absolute atomic E-state index is 0.474. The predicted molar refractivity (Wildman–Crippen MR) is 58.4 cm³/mol.